The van der Waals surface area contributed by atoms with Gasteiger partial charge in [-0.1, -0.05) is 41.4 Å². The van der Waals surface area contributed by atoms with Gasteiger partial charge in [0, 0.05) is 37.4 Å². The van der Waals surface area contributed by atoms with Crippen molar-refractivity contribution in [1.29, 1.82) is 0 Å². The van der Waals surface area contributed by atoms with Crippen molar-refractivity contribution in [3.05, 3.63) is 64.3 Å². The second kappa shape index (κ2) is 8.57. The van der Waals surface area contributed by atoms with E-state index in [-0.39, 0.29) is 11.5 Å². The zero-order chi connectivity index (χ0) is 19.4. The number of halogens is 2. The maximum atomic E-state index is 12.7. The molecule has 0 saturated heterocycles. The second-order valence-electron chi connectivity index (χ2n) is 6.11. The van der Waals surface area contributed by atoms with Crippen molar-refractivity contribution < 1.29 is 4.79 Å². The number of benzene rings is 2. The maximum absolute atomic E-state index is 12.7. The molecular formula is C20H20Cl2N4O. The van der Waals surface area contributed by atoms with E-state index in [1.807, 2.05) is 38.4 Å². The first-order valence-corrected chi connectivity index (χ1v) is 9.27. The molecule has 27 heavy (non-hydrogen) atoms. The molecule has 0 spiro atoms. The minimum atomic E-state index is -0.367. The molecule has 3 rings (SSSR count). The topological polar surface area (TPSA) is 57.3 Å². The number of fused-ring (bicyclic) bond motifs is 1. The molecule has 0 fully saturated rings. The molecular weight excluding hydrogens is 383 g/mol. The zero-order valence-electron chi connectivity index (χ0n) is 15.1. The van der Waals surface area contributed by atoms with Crippen molar-refractivity contribution >= 4 is 51.4 Å². The Balaban J connectivity index is 1.97. The fourth-order valence-corrected chi connectivity index (χ4v) is 3.46. The standard InChI is InChI=1S/C20H20Cl2N4O/c1-23-11-12-26(2)17-9-10-24-19-13(17)5-3-8-16(19)25-20(27)18-14(21)6-4-7-15(18)22/h3-10,23H,11-12H2,1-2H3,(H,25,27). The van der Waals surface area contributed by atoms with E-state index >= 15 is 0 Å². The maximum Gasteiger partial charge on any atom is 0.258 e. The zero-order valence-corrected chi connectivity index (χ0v) is 16.6. The Morgan fingerprint density at radius 3 is 2.52 bits per heavy atom. The van der Waals surface area contributed by atoms with Crippen molar-refractivity contribution in [2.45, 2.75) is 0 Å². The summed E-state index contributed by atoms with van der Waals surface area (Å²) in [6, 6.07) is 12.6. The fraction of sp³-hybridized carbons (Fsp3) is 0.200. The summed E-state index contributed by atoms with van der Waals surface area (Å²) in [5.41, 5.74) is 2.61. The predicted octanol–water partition coefficient (Wildman–Crippen LogP) is 4.45. The number of carbonyl (C=O) groups is 1. The van der Waals surface area contributed by atoms with Crippen LogP contribution in [0.25, 0.3) is 10.9 Å². The number of likely N-dealkylation sites (N-methyl/N-ethyl adjacent to an activating group) is 2. The first-order valence-electron chi connectivity index (χ1n) is 8.51. The van der Waals surface area contributed by atoms with Gasteiger partial charge in [0.05, 0.1) is 26.8 Å². The molecule has 7 heteroatoms. The quantitative estimate of drug-likeness (QED) is 0.639. The first kappa shape index (κ1) is 19.4. The summed E-state index contributed by atoms with van der Waals surface area (Å²) in [5.74, 6) is -0.367. The normalized spacial score (nSPS) is 10.8. The summed E-state index contributed by atoms with van der Waals surface area (Å²) in [7, 11) is 3.95. The Kier molecular flexibility index (Phi) is 6.16. The van der Waals surface area contributed by atoms with Gasteiger partial charge in [-0.25, -0.2) is 0 Å². The monoisotopic (exact) mass is 402 g/mol. The van der Waals surface area contributed by atoms with Crippen molar-refractivity contribution in [3.8, 4) is 0 Å². The van der Waals surface area contributed by atoms with Crippen LogP contribution in [0.5, 0.6) is 0 Å². The fourth-order valence-electron chi connectivity index (χ4n) is 2.89. The molecule has 3 aromatic rings. The van der Waals surface area contributed by atoms with Gasteiger partial charge in [0.25, 0.3) is 5.91 Å². The van der Waals surface area contributed by atoms with Crippen LogP contribution in [-0.4, -0.2) is 38.1 Å². The highest BCUT2D eigenvalue weighted by molar-refractivity contribution is 6.40. The van der Waals surface area contributed by atoms with Gasteiger partial charge in [-0.15, -0.1) is 0 Å². The lowest BCUT2D eigenvalue weighted by Gasteiger charge is -2.21. The van der Waals surface area contributed by atoms with Crippen LogP contribution in [0.15, 0.2) is 48.7 Å². The highest BCUT2D eigenvalue weighted by atomic mass is 35.5. The third kappa shape index (κ3) is 4.16. The van der Waals surface area contributed by atoms with Gasteiger partial charge in [-0.3, -0.25) is 9.78 Å². The van der Waals surface area contributed by atoms with E-state index in [4.69, 9.17) is 23.2 Å². The van der Waals surface area contributed by atoms with Crippen LogP contribution in [0.4, 0.5) is 11.4 Å². The van der Waals surface area contributed by atoms with Crippen LogP contribution in [0.2, 0.25) is 10.0 Å². The van der Waals surface area contributed by atoms with E-state index in [0.717, 1.165) is 24.2 Å². The van der Waals surface area contributed by atoms with Gasteiger partial charge in [0.1, 0.15) is 0 Å². The Bertz CT molecular complexity index is 957. The van der Waals surface area contributed by atoms with Gasteiger partial charge in [-0.05, 0) is 31.3 Å². The number of hydrogen-bond donors (Lipinski definition) is 2. The van der Waals surface area contributed by atoms with E-state index < -0.39 is 0 Å². The van der Waals surface area contributed by atoms with E-state index in [2.05, 4.69) is 20.5 Å². The molecule has 0 radical (unpaired) electrons. The second-order valence-corrected chi connectivity index (χ2v) is 6.92. The molecule has 1 heterocycles. The van der Waals surface area contributed by atoms with E-state index in [1.165, 1.54) is 0 Å². The summed E-state index contributed by atoms with van der Waals surface area (Å²) >= 11 is 12.3. The number of anilines is 2. The number of hydrogen-bond acceptors (Lipinski definition) is 4. The van der Waals surface area contributed by atoms with Gasteiger partial charge in [-0.2, -0.15) is 0 Å². The Morgan fingerprint density at radius 2 is 1.81 bits per heavy atom. The summed E-state index contributed by atoms with van der Waals surface area (Å²) in [6.07, 6.45) is 1.74. The van der Waals surface area contributed by atoms with Gasteiger partial charge in [0.15, 0.2) is 0 Å². The predicted molar refractivity (Wildman–Crippen MR) is 113 cm³/mol. The molecule has 0 saturated carbocycles. The number of para-hydroxylation sites is 1. The molecule has 2 N–H and O–H groups in total. The largest absolute Gasteiger partial charge is 0.373 e. The van der Waals surface area contributed by atoms with Crippen LogP contribution >= 0.6 is 23.2 Å². The molecule has 0 aliphatic rings. The average molecular weight is 403 g/mol. The molecule has 0 aliphatic carbocycles. The lowest BCUT2D eigenvalue weighted by atomic mass is 10.1. The number of carbonyl (C=O) groups excluding carboxylic acids is 1. The van der Waals surface area contributed by atoms with Crippen molar-refractivity contribution in [3.63, 3.8) is 0 Å². The van der Waals surface area contributed by atoms with E-state index in [0.29, 0.717) is 21.2 Å². The molecule has 0 bridgehead atoms. The van der Waals surface area contributed by atoms with Crippen LogP contribution in [0.3, 0.4) is 0 Å². The molecule has 5 nitrogen and oxygen atoms in total. The summed E-state index contributed by atoms with van der Waals surface area (Å²) in [5, 5.41) is 7.60. The van der Waals surface area contributed by atoms with Gasteiger partial charge >= 0.3 is 0 Å². The molecule has 1 aromatic heterocycles. The van der Waals surface area contributed by atoms with Crippen molar-refractivity contribution in [1.82, 2.24) is 10.3 Å². The summed E-state index contributed by atoms with van der Waals surface area (Å²) < 4.78 is 0. The van der Waals surface area contributed by atoms with Gasteiger partial charge < -0.3 is 15.5 Å². The van der Waals surface area contributed by atoms with Gasteiger partial charge in [0.2, 0.25) is 0 Å². The van der Waals surface area contributed by atoms with Crippen LogP contribution in [-0.2, 0) is 0 Å². The smallest absolute Gasteiger partial charge is 0.258 e. The molecule has 1 amide bonds. The van der Waals surface area contributed by atoms with Crippen LogP contribution in [0, 0.1) is 0 Å². The van der Waals surface area contributed by atoms with Crippen molar-refractivity contribution in [2.24, 2.45) is 0 Å². The van der Waals surface area contributed by atoms with E-state index in [1.54, 1.807) is 24.4 Å². The molecule has 0 atom stereocenters. The number of pyridine rings is 1. The number of rotatable bonds is 6. The minimum absolute atomic E-state index is 0.250. The summed E-state index contributed by atoms with van der Waals surface area (Å²) in [6.45, 7) is 1.71. The SMILES string of the molecule is CNCCN(C)c1ccnc2c(NC(=O)c3c(Cl)cccc3Cl)cccc12. The average Bonchev–Trinajstić information content (AvgIpc) is 2.65. The Morgan fingerprint density at radius 1 is 1.11 bits per heavy atom. The minimum Gasteiger partial charge on any atom is -0.373 e. The lowest BCUT2D eigenvalue weighted by molar-refractivity contribution is 0.102. The molecule has 140 valence electrons. The van der Waals surface area contributed by atoms with Crippen LogP contribution in [0.1, 0.15) is 10.4 Å². The third-order valence-corrected chi connectivity index (χ3v) is 4.92. The Labute approximate surface area is 168 Å². The van der Waals surface area contributed by atoms with Crippen molar-refractivity contribution in [2.75, 3.05) is 37.4 Å². The molecule has 2 aromatic carbocycles. The molecule has 0 unspecified atom stereocenters. The highest BCUT2D eigenvalue weighted by Crippen LogP contribution is 2.31. The summed E-state index contributed by atoms with van der Waals surface area (Å²) in [4.78, 5) is 19.4. The first-order chi connectivity index (χ1) is 13.0. The number of nitrogens with one attached hydrogen (secondary N) is 2. The number of nitrogens with zero attached hydrogens (tertiary/aromatic N) is 2. The van der Waals surface area contributed by atoms with E-state index in [9.17, 15) is 4.79 Å². The lowest BCUT2D eigenvalue weighted by Crippen LogP contribution is -2.27. The number of aromatic nitrogens is 1. The highest BCUT2D eigenvalue weighted by Gasteiger charge is 2.17. The third-order valence-electron chi connectivity index (χ3n) is 4.29. The molecule has 0 aliphatic heterocycles. The Hall–Kier alpha value is -2.34. The van der Waals surface area contributed by atoms with Crippen LogP contribution < -0.4 is 15.5 Å². The number of amides is 1.